The first-order valence-corrected chi connectivity index (χ1v) is 7.57. The summed E-state index contributed by atoms with van der Waals surface area (Å²) in [5.74, 6) is 0.323. The molecule has 1 aromatic rings. The molecule has 0 aliphatic carbocycles. The van der Waals surface area contributed by atoms with Crippen molar-refractivity contribution in [2.24, 2.45) is 0 Å². The molecular weight excluding hydrogens is 266 g/mol. The van der Waals surface area contributed by atoms with E-state index in [2.05, 4.69) is 15.0 Å². The van der Waals surface area contributed by atoms with Crippen molar-refractivity contribution in [3.05, 3.63) is 18.3 Å². The zero-order valence-corrected chi connectivity index (χ0v) is 12.5. The number of hydrogen-bond donors (Lipinski definition) is 2. The Balaban J connectivity index is 2.87. The molecule has 0 atom stereocenters. The van der Waals surface area contributed by atoms with Crippen LogP contribution in [0.2, 0.25) is 0 Å². The van der Waals surface area contributed by atoms with Crippen LogP contribution in [0.3, 0.4) is 0 Å². The Kier molecular flexibility index (Phi) is 5.28. The Bertz CT molecular complexity index is 515. The topological polar surface area (TPSA) is 80.3 Å². The first kappa shape index (κ1) is 15.9. The number of rotatable bonds is 7. The van der Waals surface area contributed by atoms with E-state index in [1.165, 1.54) is 12.3 Å². The summed E-state index contributed by atoms with van der Waals surface area (Å²) in [7, 11) is -1.98. The van der Waals surface area contributed by atoms with Crippen molar-refractivity contribution in [3.8, 4) is 0 Å². The van der Waals surface area contributed by atoms with E-state index in [0.29, 0.717) is 12.4 Å². The maximum absolute atomic E-state index is 12.2. The molecule has 0 aliphatic heterocycles. The molecule has 7 heteroatoms. The van der Waals surface area contributed by atoms with Crippen LogP contribution in [0.1, 0.15) is 20.8 Å². The van der Waals surface area contributed by atoms with Crippen molar-refractivity contribution >= 4 is 15.8 Å². The highest BCUT2D eigenvalue weighted by atomic mass is 32.2. The van der Waals surface area contributed by atoms with Gasteiger partial charge >= 0.3 is 0 Å². The number of nitrogens with one attached hydrogen (secondary N) is 2. The van der Waals surface area contributed by atoms with Gasteiger partial charge in [0.15, 0.2) is 0 Å². The number of ether oxygens (including phenoxy) is 1. The Morgan fingerprint density at radius 3 is 2.68 bits per heavy atom. The molecule has 1 aromatic heterocycles. The zero-order chi connectivity index (χ0) is 14.5. The second kappa shape index (κ2) is 6.31. The van der Waals surface area contributed by atoms with Crippen LogP contribution >= 0.6 is 0 Å². The van der Waals surface area contributed by atoms with Crippen molar-refractivity contribution in [2.45, 2.75) is 31.3 Å². The molecule has 0 unspecified atom stereocenters. The van der Waals surface area contributed by atoms with Gasteiger partial charge in [-0.05, 0) is 32.9 Å². The average Bonchev–Trinajstić information content (AvgIpc) is 2.37. The molecule has 1 heterocycles. The number of anilines is 1. The third kappa shape index (κ3) is 4.45. The van der Waals surface area contributed by atoms with E-state index in [1.54, 1.807) is 13.1 Å². The van der Waals surface area contributed by atoms with E-state index in [1.807, 2.05) is 20.8 Å². The highest BCUT2D eigenvalue weighted by molar-refractivity contribution is 7.89. The summed E-state index contributed by atoms with van der Waals surface area (Å²) in [5, 5.41) is 2.76. The lowest BCUT2D eigenvalue weighted by molar-refractivity contribution is -0.00515. The smallest absolute Gasteiger partial charge is 0.244 e. The van der Waals surface area contributed by atoms with Gasteiger partial charge in [-0.25, -0.2) is 18.1 Å². The van der Waals surface area contributed by atoms with Crippen molar-refractivity contribution < 1.29 is 13.2 Å². The van der Waals surface area contributed by atoms with Crippen LogP contribution in [0.25, 0.3) is 0 Å². The maximum atomic E-state index is 12.2. The fourth-order valence-electron chi connectivity index (χ4n) is 1.58. The highest BCUT2D eigenvalue weighted by Gasteiger charge is 2.24. The molecule has 0 amide bonds. The monoisotopic (exact) mass is 287 g/mol. The number of sulfonamides is 1. The lowest BCUT2D eigenvalue weighted by atomic mass is 10.1. The van der Waals surface area contributed by atoms with E-state index in [0.717, 1.165) is 0 Å². The minimum atomic E-state index is -3.61. The van der Waals surface area contributed by atoms with Gasteiger partial charge in [0, 0.05) is 26.4 Å². The molecule has 19 heavy (non-hydrogen) atoms. The fourth-order valence-corrected chi connectivity index (χ4v) is 2.94. The van der Waals surface area contributed by atoms with Gasteiger partial charge in [0.2, 0.25) is 10.0 Å². The molecule has 1 rings (SSSR count). The molecule has 0 radical (unpaired) electrons. The zero-order valence-electron chi connectivity index (χ0n) is 11.7. The summed E-state index contributed by atoms with van der Waals surface area (Å²) < 4.78 is 32.4. The molecule has 0 aliphatic rings. The largest absolute Gasteiger partial charge is 0.375 e. The maximum Gasteiger partial charge on any atom is 0.244 e. The van der Waals surface area contributed by atoms with Crippen LogP contribution in [-0.4, -0.2) is 39.2 Å². The van der Waals surface area contributed by atoms with Crippen LogP contribution in [0, 0.1) is 0 Å². The minimum absolute atomic E-state index is 0.129. The predicted molar refractivity (Wildman–Crippen MR) is 74.7 cm³/mol. The van der Waals surface area contributed by atoms with Gasteiger partial charge in [0.05, 0.1) is 5.60 Å². The summed E-state index contributed by atoms with van der Waals surface area (Å²) in [5.41, 5.74) is -0.552. The van der Waals surface area contributed by atoms with E-state index in [-0.39, 0.29) is 11.4 Å². The number of pyridine rings is 1. The molecule has 0 fully saturated rings. The second-order valence-corrected chi connectivity index (χ2v) is 6.35. The Morgan fingerprint density at radius 2 is 2.11 bits per heavy atom. The van der Waals surface area contributed by atoms with Crippen molar-refractivity contribution in [3.63, 3.8) is 0 Å². The fraction of sp³-hybridized carbons (Fsp3) is 0.583. The summed E-state index contributed by atoms with van der Waals surface area (Å²) in [6.45, 7) is 6.27. The summed E-state index contributed by atoms with van der Waals surface area (Å²) in [6.07, 6.45) is 1.54. The normalized spacial score (nSPS) is 12.4. The van der Waals surface area contributed by atoms with Crippen LogP contribution in [0.5, 0.6) is 0 Å². The molecule has 0 saturated heterocycles. The molecule has 108 valence electrons. The minimum Gasteiger partial charge on any atom is -0.375 e. The molecule has 0 bridgehead atoms. The van der Waals surface area contributed by atoms with Crippen LogP contribution in [0.15, 0.2) is 23.2 Å². The highest BCUT2D eigenvalue weighted by Crippen LogP contribution is 2.18. The quantitative estimate of drug-likeness (QED) is 0.788. The lowest BCUT2D eigenvalue weighted by Crippen LogP contribution is -2.40. The first-order valence-electron chi connectivity index (χ1n) is 6.09. The van der Waals surface area contributed by atoms with E-state index in [4.69, 9.17) is 4.74 Å². The summed E-state index contributed by atoms with van der Waals surface area (Å²) >= 11 is 0. The van der Waals surface area contributed by atoms with Gasteiger partial charge in [0.1, 0.15) is 10.7 Å². The van der Waals surface area contributed by atoms with Gasteiger partial charge in [-0.3, -0.25) is 0 Å². The van der Waals surface area contributed by atoms with Gasteiger partial charge in [-0.15, -0.1) is 0 Å². The molecule has 2 N–H and O–H groups in total. The third-order valence-corrected chi connectivity index (χ3v) is 3.95. The molecule has 6 nitrogen and oxygen atoms in total. The Hall–Kier alpha value is -1.18. The van der Waals surface area contributed by atoms with Gasteiger partial charge in [0.25, 0.3) is 0 Å². The number of aromatic nitrogens is 1. The van der Waals surface area contributed by atoms with Gasteiger partial charge in [-0.2, -0.15) is 0 Å². The molecule has 0 spiro atoms. The molecule has 0 saturated carbocycles. The van der Waals surface area contributed by atoms with E-state index in [9.17, 15) is 8.42 Å². The molecular formula is C12H21N3O3S. The Morgan fingerprint density at radius 1 is 1.42 bits per heavy atom. The van der Waals surface area contributed by atoms with Crippen LogP contribution < -0.4 is 10.0 Å². The van der Waals surface area contributed by atoms with Gasteiger partial charge < -0.3 is 10.1 Å². The summed E-state index contributed by atoms with van der Waals surface area (Å²) in [6, 6.07) is 3.10. The van der Waals surface area contributed by atoms with Crippen molar-refractivity contribution in [1.82, 2.24) is 9.71 Å². The number of nitrogens with zero attached hydrogens (tertiary/aromatic N) is 1. The number of hydrogen-bond acceptors (Lipinski definition) is 5. The van der Waals surface area contributed by atoms with Crippen LogP contribution in [0.4, 0.5) is 5.82 Å². The SMILES string of the molecule is CCOC(C)(C)CNS(=O)(=O)c1cccnc1NC. The predicted octanol–water partition coefficient (Wildman–Crippen LogP) is 1.22. The van der Waals surface area contributed by atoms with Crippen LogP contribution in [-0.2, 0) is 14.8 Å². The van der Waals surface area contributed by atoms with Crippen molar-refractivity contribution in [1.29, 1.82) is 0 Å². The van der Waals surface area contributed by atoms with Gasteiger partial charge in [-0.1, -0.05) is 0 Å². The van der Waals surface area contributed by atoms with Crippen molar-refractivity contribution in [2.75, 3.05) is 25.5 Å². The Labute approximate surface area is 114 Å². The first-order chi connectivity index (χ1) is 8.82. The standard InChI is InChI=1S/C12H21N3O3S/c1-5-18-12(2,3)9-15-19(16,17)10-7-6-8-14-11(10)13-4/h6-8,15H,5,9H2,1-4H3,(H,13,14). The van der Waals surface area contributed by atoms with E-state index < -0.39 is 15.6 Å². The average molecular weight is 287 g/mol. The summed E-state index contributed by atoms with van der Waals surface area (Å²) in [4.78, 5) is 4.11. The third-order valence-electron chi connectivity index (χ3n) is 2.52. The second-order valence-electron chi connectivity index (χ2n) is 4.62. The molecule has 0 aromatic carbocycles. The van der Waals surface area contributed by atoms with E-state index >= 15 is 0 Å². The lowest BCUT2D eigenvalue weighted by Gasteiger charge is -2.25.